The predicted octanol–water partition coefficient (Wildman–Crippen LogP) is 9.30. The van der Waals surface area contributed by atoms with Crippen molar-refractivity contribution >= 4 is 48.3 Å². The number of allylic oxidation sites excluding steroid dienone is 2. The van der Waals surface area contributed by atoms with Gasteiger partial charge in [0, 0.05) is 5.25 Å². The fourth-order valence-corrected chi connectivity index (χ4v) is 14.6. The van der Waals surface area contributed by atoms with Crippen LogP contribution in [0.1, 0.15) is 32.8 Å². The fraction of sp³-hybridized carbons (Fsp3) is 0.355. The summed E-state index contributed by atoms with van der Waals surface area (Å²) in [5, 5.41) is 4.38. The minimum Gasteiger partial charge on any atom is -0.366 e. The first kappa shape index (κ1) is 23.0. The molecule has 1 saturated carbocycles. The van der Waals surface area contributed by atoms with Crippen LogP contribution in [0.3, 0.4) is 0 Å². The van der Waals surface area contributed by atoms with Gasteiger partial charge in [-0.05, 0) is 76.9 Å². The van der Waals surface area contributed by atoms with Crippen LogP contribution in [-0.4, -0.2) is 13.5 Å². The monoisotopic (exact) mass is 496 g/mol. The maximum Gasteiger partial charge on any atom is 0.161 e. The highest BCUT2D eigenvalue weighted by Gasteiger charge is 2.58. The summed E-state index contributed by atoms with van der Waals surface area (Å²) < 4.78 is 2.80. The van der Waals surface area contributed by atoms with Gasteiger partial charge in [0.15, 0.2) is 8.24 Å². The van der Waals surface area contributed by atoms with E-state index in [1.54, 1.807) is 10.5 Å². The first-order valence-corrected chi connectivity index (χ1v) is 17.0. The Morgan fingerprint density at radius 2 is 1.43 bits per heavy atom. The van der Waals surface area contributed by atoms with Crippen LogP contribution in [0.15, 0.2) is 83.8 Å². The molecule has 2 nitrogen and oxygen atoms in total. The van der Waals surface area contributed by atoms with Crippen molar-refractivity contribution in [2.45, 2.75) is 51.1 Å². The van der Waals surface area contributed by atoms with Crippen molar-refractivity contribution in [3.8, 4) is 0 Å². The number of hydrogen-bond donors (Lipinski definition) is 1. The SMILES string of the molecule is CC1=C(c2ccccc2)[C@H]2C[C@@H](C(C)C)C([Si](C)(C)N3c4ccccc4Nc4ccccc43)[C@H]2S1. The number of anilines is 4. The van der Waals surface area contributed by atoms with Crippen LogP contribution in [0.25, 0.3) is 5.57 Å². The summed E-state index contributed by atoms with van der Waals surface area (Å²) in [6, 6.07) is 29.0. The summed E-state index contributed by atoms with van der Waals surface area (Å²) in [6.07, 6.45) is 1.31. The Balaban J connectivity index is 1.46. The molecule has 0 saturated heterocycles. The van der Waals surface area contributed by atoms with Crippen molar-refractivity contribution in [2.75, 3.05) is 9.88 Å². The molecule has 2 aliphatic heterocycles. The van der Waals surface area contributed by atoms with Crippen LogP contribution >= 0.6 is 11.8 Å². The smallest absolute Gasteiger partial charge is 0.161 e. The number of thioether (sulfide) groups is 1. The predicted molar refractivity (Wildman–Crippen MR) is 156 cm³/mol. The van der Waals surface area contributed by atoms with Gasteiger partial charge >= 0.3 is 0 Å². The first-order valence-electron chi connectivity index (χ1n) is 13.1. The van der Waals surface area contributed by atoms with Gasteiger partial charge in [0.05, 0.1) is 22.7 Å². The van der Waals surface area contributed by atoms with Gasteiger partial charge in [-0.2, -0.15) is 0 Å². The van der Waals surface area contributed by atoms with Gasteiger partial charge in [0.25, 0.3) is 0 Å². The molecule has 3 aliphatic rings. The van der Waals surface area contributed by atoms with Gasteiger partial charge in [0.1, 0.15) is 0 Å². The molecule has 1 fully saturated rings. The second-order valence-corrected chi connectivity index (χ2v) is 17.2. The normalized spacial score (nSPS) is 25.4. The second-order valence-electron chi connectivity index (χ2n) is 11.3. The zero-order chi connectivity index (χ0) is 24.3. The van der Waals surface area contributed by atoms with E-state index in [9.17, 15) is 0 Å². The summed E-state index contributed by atoms with van der Waals surface area (Å²) in [7, 11) is -2.00. The topological polar surface area (TPSA) is 15.3 Å². The molecule has 4 atom stereocenters. The minimum absolute atomic E-state index is 0.653. The number of benzene rings is 3. The van der Waals surface area contributed by atoms with Crippen LogP contribution in [0, 0.1) is 17.8 Å². The summed E-state index contributed by atoms with van der Waals surface area (Å²) in [6.45, 7) is 12.6. The van der Waals surface area contributed by atoms with E-state index < -0.39 is 8.24 Å². The van der Waals surface area contributed by atoms with Gasteiger partial charge in [-0.25, -0.2) is 0 Å². The largest absolute Gasteiger partial charge is 0.366 e. The molecule has 35 heavy (non-hydrogen) atoms. The lowest BCUT2D eigenvalue weighted by Crippen LogP contribution is -2.54. The number of nitrogens with zero attached hydrogens (tertiary/aromatic N) is 1. The number of hydrogen-bond acceptors (Lipinski definition) is 3. The Labute approximate surface area is 215 Å². The zero-order valence-electron chi connectivity index (χ0n) is 21.5. The van der Waals surface area contributed by atoms with Crippen molar-refractivity contribution < 1.29 is 0 Å². The van der Waals surface area contributed by atoms with E-state index in [4.69, 9.17) is 0 Å². The molecular weight excluding hydrogens is 461 g/mol. The number of rotatable bonds is 4. The fourth-order valence-electron chi connectivity index (χ4n) is 7.28. The zero-order valence-corrected chi connectivity index (χ0v) is 23.3. The van der Waals surface area contributed by atoms with E-state index in [-0.39, 0.29) is 0 Å². The first-order chi connectivity index (χ1) is 16.9. The lowest BCUT2D eigenvalue weighted by atomic mass is 9.88. The third kappa shape index (κ3) is 3.60. The third-order valence-corrected chi connectivity index (χ3v) is 14.5. The molecular formula is C31H36N2SSi. The molecule has 0 amide bonds. The molecule has 0 radical (unpaired) electrons. The number of nitrogens with one attached hydrogen (secondary N) is 1. The van der Waals surface area contributed by atoms with Gasteiger partial charge in [-0.15, -0.1) is 11.8 Å². The van der Waals surface area contributed by atoms with E-state index >= 15 is 0 Å². The maximum atomic E-state index is 3.72. The number of para-hydroxylation sites is 4. The maximum absolute atomic E-state index is 3.72. The van der Waals surface area contributed by atoms with E-state index in [2.05, 4.69) is 134 Å². The van der Waals surface area contributed by atoms with Crippen LogP contribution in [0.2, 0.25) is 18.6 Å². The highest BCUT2D eigenvalue weighted by atomic mass is 32.2. The molecule has 2 heterocycles. The molecule has 4 heteroatoms. The standard InChI is InChI=1S/C31H36N2SSi/c1-20(2)23-19-24-29(22-13-7-6-8-14-22)21(3)34-30(24)31(23)35(4,5)33-27-17-11-9-15-25(27)32-26-16-10-12-18-28(26)33/h6-18,20,23-24,30-32H,19H2,1-5H3/t23-,24+,30-,31?/m0/s1. The summed E-state index contributed by atoms with van der Waals surface area (Å²) in [4.78, 5) is 1.55. The third-order valence-electron chi connectivity index (χ3n) is 8.69. The second kappa shape index (κ2) is 8.60. The van der Waals surface area contributed by atoms with Gasteiger partial charge in [-0.1, -0.05) is 81.5 Å². The highest BCUT2D eigenvalue weighted by molar-refractivity contribution is 8.04. The van der Waals surface area contributed by atoms with Crippen LogP contribution < -0.4 is 9.88 Å². The molecule has 180 valence electrons. The van der Waals surface area contributed by atoms with E-state index in [0.717, 1.165) is 5.92 Å². The molecule has 3 aromatic rings. The summed E-state index contributed by atoms with van der Waals surface area (Å²) >= 11 is 2.19. The molecule has 1 N–H and O–H groups in total. The summed E-state index contributed by atoms with van der Waals surface area (Å²) in [5.74, 6) is 2.07. The van der Waals surface area contributed by atoms with E-state index in [1.807, 2.05) is 0 Å². The summed E-state index contributed by atoms with van der Waals surface area (Å²) in [5.41, 5.74) is 8.94. The molecule has 3 aromatic carbocycles. The lowest BCUT2D eigenvalue weighted by molar-refractivity contribution is 0.384. The highest BCUT2D eigenvalue weighted by Crippen LogP contribution is 2.65. The molecule has 0 bridgehead atoms. The Hall–Kier alpha value is -2.43. The van der Waals surface area contributed by atoms with Crippen molar-refractivity contribution in [1.82, 2.24) is 0 Å². The van der Waals surface area contributed by atoms with Gasteiger partial charge in [0.2, 0.25) is 0 Å². The van der Waals surface area contributed by atoms with Crippen molar-refractivity contribution in [3.63, 3.8) is 0 Å². The molecule has 0 aromatic heterocycles. The van der Waals surface area contributed by atoms with Crippen molar-refractivity contribution in [2.24, 2.45) is 17.8 Å². The van der Waals surface area contributed by atoms with E-state index in [0.29, 0.717) is 22.6 Å². The van der Waals surface area contributed by atoms with Gasteiger partial charge in [-0.3, -0.25) is 0 Å². The van der Waals surface area contributed by atoms with Crippen LogP contribution in [-0.2, 0) is 0 Å². The lowest BCUT2D eigenvalue weighted by Gasteiger charge is -2.49. The Kier molecular flexibility index (Phi) is 5.65. The van der Waals surface area contributed by atoms with Gasteiger partial charge < -0.3 is 9.88 Å². The molecule has 0 spiro atoms. The minimum atomic E-state index is -2.00. The average Bonchev–Trinajstić information content (AvgIpc) is 3.37. The molecule has 6 rings (SSSR count). The molecule has 1 aliphatic carbocycles. The van der Waals surface area contributed by atoms with E-state index in [1.165, 1.54) is 34.7 Å². The Morgan fingerprint density at radius 1 is 0.857 bits per heavy atom. The average molecular weight is 497 g/mol. The van der Waals surface area contributed by atoms with Crippen LogP contribution in [0.4, 0.5) is 22.7 Å². The van der Waals surface area contributed by atoms with Crippen LogP contribution in [0.5, 0.6) is 0 Å². The molecule has 1 unspecified atom stereocenters. The number of fused-ring (bicyclic) bond motifs is 3. The van der Waals surface area contributed by atoms with Crippen molar-refractivity contribution in [3.05, 3.63) is 89.3 Å². The van der Waals surface area contributed by atoms with Crippen molar-refractivity contribution in [1.29, 1.82) is 0 Å². The Morgan fingerprint density at radius 3 is 2.03 bits per heavy atom. The quantitative estimate of drug-likeness (QED) is 0.362. The Bertz CT molecular complexity index is 1240.